The minimum absolute atomic E-state index is 0.0111. The lowest BCUT2D eigenvalue weighted by atomic mass is 9.67. The molecule has 1 unspecified atom stereocenters. The molecule has 5 nitrogen and oxygen atoms in total. The van der Waals surface area contributed by atoms with Crippen LogP contribution in [0.3, 0.4) is 0 Å². The van der Waals surface area contributed by atoms with Gasteiger partial charge in [-0.1, -0.05) is 30.3 Å². The first-order valence-electron chi connectivity index (χ1n) is 10.1. The van der Waals surface area contributed by atoms with Crippen molar-refractivity contribution in [2.24, 2.45) is 0 Å². The van der Waals surface area contributed by atoms with E-state index in [1.54, 1.807) is 4.90 Å². The number of benzene rings is 1. The molecular weight excluding hydrogens is 340 g/mol. The Morgan fingerprint density at radius 2 is 2.00 bits per heavy atom. The third-order valence-electron chi connectivity index (χ3n) is 5.91. The van der Waals surface area contributed by atoms with Crippen LogP contribution < -0.4 is 5.32 Å². The van der Waals surface area contributed by atoms with Gasteiger partial charge in [-0.2, -0.15) is 0 Å². The number of rotatable bonds is 6. The molecule has 2 saturated heterocycles. The Morgan fingerprint density at radius 1 is 1.22 bits per heavy atom. The summed E-state index contributed by atoms with van der Waals surface area (Å²) in [5, 5.41) is 3.05. The summed E-state index contributed by atoms with van der Waals surface area (Å²) in [7, 11) is 0. The van der Waals surface area contributed by atoms with Crippen molar-refractivity contribution < 1.29 is 14.3 Å². The van der Waals surface area contributed by atoms with Crippen LogP contribution in [0.15, 0.2) is 30.3 Å². The summed E-state index contributed by atoms with van der Waals surface area (Å²) in [5.74, 6) is 0.0446. The van der Waals surface area contributed by atoms with Gasteiger partial charge in [0.2, 0.25) is 11.8 Å². The number of piperidine rings is 1. The number of nitrogens with one attached hydrogen (secondary N) is 1. The molecule has 0 aromatic heterocycles. The summed E-state index contributed by atoms with van der Waals surface area (Å²) >= 11 is 0. The fraction of sp³-hybridized carbons (Fsp3) is 0.636. The molecule has 2 aliphatic heterocycles. The van der Waals surface area contributed by atoms with Gasteiger partial charge in [0.05, 0.1) is 12.1 Å². The molecule has 2 aliphatic rings. The Labute approximate surface area is 162 Å². The number of hydrogen-bond donors (Lipinski definition) is 1. The molecule has 0 bridgehead atoms. The van der Waals surface area contributed by atoms with E-state index in [2.05, 4.69) is 43.4 Å². The minimum Gasteiger partial charge on any atom is -0.376 e. The van der Waals surface area contributed by atoms with Crippen LogP contribution in [0.25, 0.3) is 0 Å². The number of ether oxygens (including phenoxy) is 1. The topological polar surface area (TPSA) is 58.6 Å². The highest BCUT2D eigenvalue weighted by molar-refractivity contribution is 5.85. The highest BCUT2D eigenvalue weighted by atomic mass is 16.5. The van der Waals surface area contributed by atoms with Crippen LogP contribution in [-0.4, -0.2) is 48.6 Å². The van der Waals surface area contributed by atoms with Gasteiger partial charge in [-0.15, -0.1) is 0 Å². The van der Waals surface area contributed by atoms with E-state index in [1.165, 1.54) is 5.56 Å². The van der Waals surface area contributed by atoms with Crippen LogP contribution in [0.4, 0.5) is 0 Å². The van der Waals surface area contributed by atoms with Crippen LogP contribution >= 0.6 is 0 Å². The molecule has 5 heteroatoms. The average Bonchev–Trinajstić information content (AvgIpc) is 2.63. The monoisotopic (exact) mass is 372 g/mol. The van der Waals surface area contributed by atoms with E-state index in [9.17, 15) is 9.59 Å². The molecule has 2 heterocycles. The van der Waals surface area contributed by atoms with Gasteiger partial charge in [0.15, 0.2) is 0 Å². The normalized spacial score (nSPS) is 25.3. The van der Waals surface area contributed by atoms with Crippen LogP contribution in [0.2, 0.25) is 0 Å². The second kappa shape index (κ2) is 8.42. The van der Waals surface area contributed by atoms with Gasteiger partial charge in [-0.25, -0.2) is 0 Å². The average molecular weight is 373 g/mol. The summed E-state index contributed by atoms with van der Waals surface area (Å²) in [6.07, 6.45) is 5.27. The third kappa shape index (κ3) is 5.10. The van der Waals surface area contributed by atoms with Gasteiger partial charge >= 0.3 is 0 Å². The standard InChI is InChI=1S/C22H32N2O3/c1-21(2)17-22(12-15-27-21,18-8-4-3-5-9-18)11-13-23-19(25)16-24-14-7-6-10-20(24)26/h3-5,8-9H,6-7,10-17H2,1-2H3,(H,23,25). The van der Waals surface area contributed by atoms with Crippen molar-refractivity contribution in [3.05, 3.63) is 35.9 Å². The van der Waals surface area contributed by atoms with Gasteiger partial charge in [-0.3, -0.25) is 9.59 Å². The smallest absolute Gasteiger partial charge is 0.239 e. The molecule has 2 amide bonds. The van der Waals surface area contributed by atoms with Crippen molar-refractivity contribution in [2.75, 3.05) is 26.2 Å². The quantitative estimate of drug-likeness (QED) is 0.835. The Hall–Kier alpha value is -1.88. The Kier molecular flexibility index (Phi) is 6.20. The number of carbonyl (C=O) groups is 2. The number of likely N-dealkylation sites (tertiary alicyclic amines) is 1. The maximum Gasteiger partial charge on any atom is 0.239 e. The van der Waals surface area contributed by atoms with E-state index in [-0.39, 0.29) is 29.4 Å². The number of nitrogens with zero attached hydrogens (tertiary/aromatic N) is 1. The molecule has 1 atom stereocenters. The second-order valence-electron chi connectivity index (χ2n) is 8.55. The molecule has 1 aromatic carbocycles. The molecule has 1 N–H and O–H groups in total. The molecule has 148 valence electrons. The first-order chi connectivity index (χ1) is 12.9. The lowest BCUT2D eigenvalue weighted by Crippen LogP contribution is -2.47. The third-order valence-corrected chi connectivity index (χ3v) is 5.91. The van der Waals surface area contributed by atoms with Crippen LogP contribution in [0, 0.1) is 0 Å². The van der Waals surface area contributed by atoms with Crippen LogP contribution in [0.5, 0.6) is 0 Å². The van der Waals surface area contributed by atoms with Gasteiger partial charge in [0, 0.05) is 31.5 Å². The van der Waals surface area contributed by atoms with E-state index in [0.29, 0.717) is 19.5 Å². The molecule has 0 radical (unpaired) electrons. The SMILES string of the molecule is CC1(C)CC(CCNC(=O)CN2CCCCC2=O)(c2ccccc2)CCO1. The minimum atomic E-state index is -0.168. The fourth-order valence-electron chi connectivity index (χ4n) is 4.57. The summed E-state index contributed by atoms with van der Waals surface area (Å²) in [6, 6.07) is 10.6. The maximum absolute atomic E-state index is 12.3. The van der Waals surface area contributed by atoms with Crippen LogP contribution in [0.1, 0.15) is 57.9 Å². The predicted molar refractivity (Wildman–Crippen MR) is 105 cm³/mol. The van der Waals surface area contributed by atoms with Gasteiger partial charge in [0.25, 0.3) is 0 Å². The number of hydrogen-bond acceptors (Lipinski definition) is 3. The molecule has 0 saturated carbocycles. The first-order valence-corrected chi connectivity index (χ1v) is 10.1. The summed E-state index contributed by atoms with van der Waals surface area (Å²) < 4.78 is 5.95. The number of carbonyl (C=O) groups excluding carboxylic acids is 2. The Balaban J connectivity index is 1.60. The highest BCUT2D eigenvalue weighted by Crippen LogP contribution is 2.43. The molecule has 0 aliphatic carbocycles. The zero-order chi connectivity index (χ0) is 19.3. The van der Waals surface area contributed by atoms with Crippen LogP contribution in [-0.2, 0) is 19.7 Å². The summed E-state index contributed by atoms with van der Waals surface area (Å²) in [4.78, 5) is 25.9. The Bertz CT molecular complexity index is 659. The van der Waals surface area contributed by atoms with Crippen molar-refractivity contribution in [2.45, 2.75) is 63.4 Å². The molecule has 2 fully saturated rings. The molecule has 3 rings (SSSR count). The van der Waals surface area contributed by atoms with E-state index in [4.69, 9.17) is 4.74 Å². The molecule has 0 spiro atoms. The van der Waals surface area contributed by atoms with Gasteiger partial charge < -0.3 is 15.0 Å². The Morgan fingerprint density at radius 3 is 2.70 bits per heavy atom. The number of amides is 2. The molecular formula is C22H32N2O3. The first kappa shape index (κ1) is 19.9. The fourth-order valence-corrected chi connectivity index (χ4v) is 4.57. The lowest BCUT2D eigenvalue weighted by Gasteiger charge is -2.45. The van der Waals surface area contributed by atoms with Crippen molar-refractivity contribution >= 4 is 11.8 Å². The van der Waals surface area contributed by atoms with Crippen molar-refractivity contribution in [3.8, 4) is 0 Å². The molecule has 1 aromatic rings. The van der Waals surface area contributed by atoms with E-state index in [0.717, 1.165) is 38.7 Å². The second-order valence-corrected chi connectivity index (χ2v) is 8.55. The highest BCUT2D eigenvalue weighted by Gasteiger charge is 2.41. The lowest BCUT2D eigenvalue weighted by molar-refractivity contribution is -0.137. The van der Waals surface area contributed by atoms with E-state index in [1.807, 2.05) is 6.07 Å². The van der Waals surface area contributed by atoms with Crippen molar-refractivity contribution in [1.82, 2.24) is 10.2 Å². The zero-order valence-electron chi connectivity index (χ0n) is 16.6. The predicted octanol–water partition coefficient (Wildman–Crippen LogP) is 3.03. The largest absolute Gasteiger partial charge is 0.376 e. The van der Waals surface area contributed by atoms with Gasteiger partial charge in [-0.05, 0) is 51.5 Å². The van der Waals surface area contributed by atoms with Crippen molar-refractivity contribution in [3.63, 3.8) is 0 Å². The summed E-state index contributed by atoms with van der Waals surface area (Å²) in [6.45, 7) is 6.52. The van der Waals surface area contributed by atoms with E-state index >= 15 is 0 Å². The van der Waals surface area contributed by atoms with Gasteiger partial charge in [0.1, 0.15) is 0 Å². The summed E-state index contributed by atoms with van der Waals surface area (Å²) in [5.41, 5.74) is 1.16. The maximum atomic E-state index is 12.3. The van der Waals surface area contributed by atoms with Crippen molar-refractivity contribution in [1.29, 1.82) is 0 Å². The van der Waals surface area contributed by atoms with E-state index < -0.39 is 0 Å². The zero-order valence-corrected chi connectivity index (χ0v) is 16.6. The molecule has 27 heavy (non-hydrogen) atoms.